The van der Waals surface area contributed by atoms with Crippen molar-refractivity contribution in [2.75, 3.05) is 6.54 Å². The molecule has 98 valence electrons. The highest BCUT2D eigenvalue weighted by Crippen LogP contribution is 2.39. The maximum Gasteiger partial charge on any atom is 0.306 e. The van der Waals surface area contributed by atoms with Gasteiger partial charge in [0, 0.05) is 12.1 Å². The quantitative estimate of drug-likeness (QED) is 0.823. The standard InChI is InChI=1S/C14H25NO2/c1-9(2)12-7-13(8-12)15-5-4-11(14(16)17)6-10(15)3/h9-13H,4-8H2,1-3H3,(H,16,17). The number of hydrogen-bond acceptors (Lipinski definition) is 2. The third-order valence-corrected chi connectivity index (χ3v) is 4.84. The Morgan fingerprint density at radius 3 is 2.41 bits per heavy atom. The second-order valence-corrected chi connectivity index (χ2v) is 6.28. The Morgan fingerprint density at radius 1 is 1.29 bits per heavy atom. The lowest BCUT2D eigenvalue weighted by Gasteiger charge is -2.49. The van der Waals surface area contributed by atoms with Crippen molar-refractivity contribution < 1.29 is 9.90 Å². The first-order chi connectivity index (χ1) is 7.99. The molecule has 17 heavy (non-hydrogen) atoms. The molecule has 0 aromatic heterocycles. The van der Waals surface area contributed by atoms with E-state index in [9.17, 15) is 4.79 Å². The van der Waals surface area contributed by atoms with Gasteiger partial charge in [0.1, 0.15) is 0 Å². The highest BCUT2D eigenvalue weighted by molar-refractivity contribution is 5.70. The fraction of sp³-hybridized carbons (Fsp3) is 0.929. The summed E-state index contributed by atoms with van der Waals surface area (Å²) in [5.74, 6) is 0.981. The molecule has 0 aromatic rings. The van der Waals surface area contributed by atoms with Crippen LogP contribution in [-0.2, 0) is 4.79 Å². The average molecular weight is 239 g/mol. The Hall–Kier alpha value is -0.570. The average Bonchev–Trinajstić information content (AvgIpc) is 2.17. The van der Waals surface area contributed by atoms with Crippen LogP contribution < -0.4 is 0 Å². The Bertz CT molecular complexity index is 284. The van der Waals surface area contributed by atoms with E-state index < -0.39 is 5.97 Å². The smallest absolute Gasteiger partial charge is 0.306 e. The molecule has 1 saturated carbocycles. The van der Waals surface area contributed by atoms with E-state index in [1.54, 1.807) is 0 Å². The number of carboxylic acids is 1. The molecule has 1 heterocycles. The topological polar surface area (TPSA) is 40.5 Å². The second-order valence-electron chi connectivity index (χ2n) is 6.28. The maximum absolute atomic E-state index is 11.0. The molecule has 2 fully saturated rings. The zero-order valence-electron chi connectivity index (χ0n) is 11.2. The molecule has 3 heteroatoms. The summed E-state index contributed by atoms with van der Waals surface area (Å²) >= 11 is 0. The van der Waals surface area contributed by atoms with E-state index in [0.717, 1.165) is 37.3 Å². The van der Waals surface area contributed by atoms with Gasteiger partial charge in [-0.3, -0.25) is 9.69 Å². The van der Waals surface area contributed by atoms with E-state index in [4.69, 9.17) is 5.11 Å². The Labute approximate surface area is 104 Å². The normalized spacial score (nSPS) is 39.1. The van der Waals surface area contributed by atoms with Gasteiger partial charge in [0.2, 0.25) is 0 Å². The van der Waals surface area contributed by atoms with Crippen LogP contribution in [0.2, 0.25) is 0 Å². The van der Waals surface area contributed by atoms with Gasteiger partial charge in [-0.15, -0.1) is 0 Å². The first-order valence-electron chi connectivity index (χ1n) is 6.97. The molecule has 0 bridgehead atoms. The molecule has 2 aliphatic rings. The van der Waals surface area contributed by atoms with E-state index in [2.05, 4.69) is 25.7 Å². The van der Waals surface area contributed by atoms with Crippen LogP contribution in [0.1, 0.15) is 46.5 Å². The van der Waals surface area contributed by atoms with E-state index in [-0.39, 0.29) is 5.92 Å². The highest BCUT2D eigenvalue weighted by Gasteiger charge is 2.40. The van der Waals surface area contributed by atoms with Crippen molar-refractivity contribution in [1.29, 1.82) is 0 Å². The number of rotatable bonds is 3. The third-order valence-electron chi connectivity index (χ3n) is 4.84. The van der Waals surface area contributed by atoms with Crippen LogP contribution in [0.25, 0.3) is 0 Å². The fourth-order valence-corrected chi connectivity index (χ4v) is 3.40. The molecule has 2 unspecified atom stereocenters. The van der Waals surface area contributed by atoms with Gasteiger partial charge in [-0.05, 0) is 51.0 Å². The first kappa shape index (κ1) is 12.9. The summed E-state index contributed by atoms with van der Waals surface area (Å²) in [7, 11) is 0. The fourth-order valence-electron chi connectivity index (χ4n) is 3.40. The number of likely N-dealkylation sites (tertiary alicyclic amines) is 1. The molecular weight excluding hydrogens is 214 g/mol. The zero-order valence-corrected chi connectivity index (χ0v) is 11.2. The summed E-state index contributed by atoms with van der Waals surface area (Å²) in [5, 5.41) is 9.05. The molecule has 1 aliphatic carbocycles. The number of aliphatic carboxylic acids is 1. The molecular formula is C14H25NO2. The molecule has 1 N–H and O–H groups in total. The van der Waals surface area contributed by atoms with Crippen LogP contribution in [0, 0.1) is 17.8 Å². The van der Waals surface area contributed by atoms with E-state index in [1.165, 1.54) is 12.8 Å². The highest BCUT2D eigenvalue weighted by atomic mass is 16.4. The van der Waals surface area contributed by atoms with Gasteiger partial charge in [0.15, 0.2) is 0 Å². The van der Waals surface area contributed by atoms with Crippen molar-refractivity contribution in [3.05, 3.63) is 0 Å². The Balaban J connectivity index is 1.83. The summed E-state index contributed by atoms with van der Waals surface area (Å²) in [6.45, 7) is 7.79. The van der Waals surface area contributed by atoms with Gasteiger partial charge in [0.25, 0.3) is 0 Å². The van der Waals surface area contributed by atoms with Crippen molar-refractivity contribution in [2.45, 2.75) is 58.5 Å². The maximum atomic E-state index is 11.0. The van der Waals surface area contributed by atoms with E-state index in [0.29, 0.717) is 6.04 Å². The number of carboxylic acid groups (broad SMARTS) is 1. The minimum atomic E-state index is -0.606. The molecule has 0 aromatic carbocycles. The van der Waals surface area contributed by atoms with Crippen LogP contribution in [0.15, 0.2) is 0 Å². The first-order valence-corrected chi connectivity index (χ1v) is 6.97. The minimum Gasteiger partial charge on any atom is -0.481 e. The summed E-state index contributed by atoms with van der Waals surface area (Å²) in [4.78, 5) is 13.5. The van der Waals surface area contributed by atoms with Crippen molar-refractivity contribution in [3.8, 4) is 0 Å². The Kier molecular flexibility index (Phi) is 3.76. The van der Waals surface area contributed by atoms with Gasteiger partial charge in [-0.1, -0.05) is 13.8 Å². The monoisotopic (exact) mass is 239 g/mol. The van der Waals surface area contributed by atoms with Gasteiger partial charge in [0.05, 0.1) is 5.92 Å². The van der Waals surface area contributed by atoms with Crippen molar-refractivity contribution in [3.63, 3.8) is 0 Å². The van der Waals surface area contributed by atoms with Crippen LogP contribution >= 0.6 is 0 Å². The SMILES string of the molecule is CC(C)C1CC(N2CCC(C(=O)O)CC2C)C1. The van der Waals surface area contributed by atoms with Crippen molar-refractivity contribution in [2.24, 2.45) is 17.8 Å². The van der Waals surface area contributed by atoms with Crippen molar-refractivity contribution in [1.82, 2.24) is 4.90 Å². The van der Waals surface area contributed by atoms with E-state index >= 15 is 0 Å². The summed E-state index contributed by atoms with van der Waals surface area (Å²) in [6.07, 6.45) is 4.31. The molecule has 0 spiro atoms. The van der Waals surface area contributed by atoms with Gasteiger partial charge in [-0.2, -0.15) is 0 Å². The largest absolute Gasteiger partial charge is 0.481 e. The van der Waals surface area contributed by atoms with Gasteiger partial charge >= 0.3 is 5.97 Å². The van der Waals surface area contributed by atoms with Gasteiger partial charge in [-0.25, -0.2) is 0 Å². The molecule has 1 aliphatic heterocycles. The summed E-state index contributed by atoms with van der Waals surface area (Å²) in [6, 6.07) is 1.18. The lowest BCUT2D eigenvalue weighted by atomic mass is 9.72. The second kappa shape index (κ2) is 4.97. The van der Waals surface area contributed by atoms with Crippen LogP contribution in [0.3, 0.4) is 0 Å². The van der Waals surface area contributed by atoms with Crippen molar-refractivity contribution >= 4 is 5.97 Å². The van der Waals surface area contributed by atoms with Crippen LogP contribution in [0.5, 0.6) is 0 Å². The molecule has 1 saturated heterocycles. The summed E-state index contributed by atoms with van der Waals surface area (Å²) in [5.41, 5.74) is 0. The van der Waals surface area contributed by atoms with Crippen LogP contribution in [-0.4, -0.2) is 34.6 Å². The number of nitrogens with zero attached hydrogens (tertiary/aromatic N) is 1. The number of hydrogen-bond donors (Lipinski definition) is 1. The molecule has 3 nitrogen and oxygen atoms in total. The molecule has 2 rings (SSSR count). The lowest BCUT2D eigenvalue weighted by molar-refractivity contribution is -0.144. The minimum absolute atomic E-state index is 0.109. The third kappa shape index (κ3) is 2.65. The number of carbonyl (C=O) groups is 1. The summed E-state index contributed by atoms with van der Waals surface area (Å²) < 4.78 is 0. The Morgan fingerprint density at radius 2 is 1.94 bits per heavy atom. The number of piperidine rings is 1. The zero-order chi connectivity index (χ0) is 12.6. The predicted molar refractivity (Wildman–Crippen MR) is 67.9 cm³/mol. The van der Waals surface area contributed by atoms with E-state index in [1.807, 2.05) is 0 Å². The molecule has 0 radical (unpaired) electrons. The van der Waals surface area contributed by atoms with Gasteiger partial charge < -0.3 is 5.11 Å². The molecule has 2 atom stereocenters. The molecule has 0 amide bonds. The van der Waals surface area contributed by atoms with Crippen LogP contribution in [0.4, 0.5) is 0 Å². The lowest BCUT2D eigenvalue weighted by Crippen LogP contribution is -2.53. The predicted octanol–water partition coefficient (Wildman–Crippen LogP) is 2.61.